The van der Waals surface area contributed by atoms with Crippen LogP contribution in [-0.4, -0.2) is 37.0 Å². The Kier molecular flexibility index (Phi) is 5.91. The molecular weight excluding hydrogens is 340 g/mol. The Morgan fingerprint density at radius 1 is 1.67 bits per heavy atom. The highest BCUT2D eigenvalue weighted by atomic mass is 79.9. The van der Waals surface area contributed by atoms with Crippen LogP contribution in [0.1, 0.15) is 22.5 Å². The topological polar surface area (TPSA) is 55.6 Å². The average Bonchev–Trinajstić information content (AvgIpc) is 2.69. The van der Waals surface area contributed by atoms with Crippen LogP contribution in [0.4, 0.5) is 0 Å². The van der Waals surface area contributed by atoms with Crippen LogP contribution in [0.5, 0.6) is 5.75 Å². The zero-order valence-electron chi connectivity index (χ0n) is 10.0. The molecule has 1 aliphatic rings. The number of hydrogen-bond donors (Lipinski definition) is 1. The van der Waals surface area contributed by atoms with Gasteiger partial charge >= 0.3 is 0 Å². The van der Waals surface area contributed by atoms with Crippen LogP contribution in [0, 0.1) is 0 Å². The molecule has 2 N–H and O–H groups in total. The molecule has 1 aromatic rings. The van der Waals surface area contributed by atoms with E-state index in [-0.39, 0.29) is 24.4 Å². The second-order valence-electron chi connectivity index (χ2n) is 4.11. The van der Waals surface area contributed by atoms with Gasteiger partial charge in [0.25, 0.3) is 5.91 Å². The normalized spacial score (nSPS) is 19.3. The van der Waals surface area contributed by atoms with Gasteiger partial charge in [-0.05, 0) is 28.8 Å². The number of carbonyl (C=O) groups excluding carboxylic acids is 1. The number of hydrogen-bond acceptors (Lipinski definition) is 4. The van der Waals surface area contributed by atoms with Crippen LogP contribution in [0.2, 0.25) is 0 Å². The first kappa shape index (κ1) is 15.8. The molecule has 0 aliphatic carbocycles. The van der Waals surface area contributed by atoms with Gasteiger partial charge in [0.15, 0.2) is 0 Å². The van der Waals surface area contributed by atoms with Crippen LogP contribution < -0.4 is 10.5 Å². The molecule has 102 valence electrons. The minimum Gasteiger partial charge on any atom is -0.495 e. The SMILES string of the molecule is COc1cc(C(=O)N2CCCC(N)C2)sc1Br.Cl. The van der Waals surface area contributed by atoms with Gasteiger partial charge in [0, 0.05) is 25.2 Å². The standard InChI is InChI=1S/C11H15BrN2O2S.ClH/c1-16-8-5-9(17-10(8)12)11(15)14-4-2-3-7(13)6-14;/h5,7H,2-4,6,13H2,1H3;1H. The number of halogens is 2. The second-order valence-corrected chi connectivity index (χ2v) is 6.48. The van der Waals surface area contributed by atoms with Gasteiger partial charge < -0.3 is 15.4 Å². The third kappa shape index (κ3) is 3.38. The first-order chi connectivity index (χ1) is 8.11. The Morgan fingerprint density at radius 2 is 2.39 bits per heavy atom. The predicted molar refractivity (Wildman–Crippen MR) is 78.9 cm³/mol. The van der Waals surface area contributed by atoms with Gasteiger partial charge in [0.05, 0.1) is 12.0 Å². The van der Waals surface area contributed by atoms with Crippen molar-refractivity contribution in [2.75, 3.05) is 20.2 Å². The van der Waals surface area contributed by atoms with Crippen LogP contribution in [0.3, 0.4) is 0 Å². The van der Waals surface area contributed by atoms with Crippen molar-refractivity contribution in [3.05, 3.63) is 14.7 Å². The Hall–Kier alpha value is -0.300. The van der Waals surface area contributed by atoms with Crippen molar-refractivity contribution in [2.24, 2.45) is 5.73 Å². The Labute approximate surface area is 125 Å². The van der Waals surface area contributed by atoms with E-state index in [9.17, 15) is 4.79 Å². The van der Waals surface area contributed by atoms with E-state index in [1.807, 2.05) is 4.90 Å². The highest BCUT2D eigenvalue weighted by Gasteiger charge is 2.24. The number of nitrogens with two attached hydrogens (primary N) is 1. The fourth-order valence-electron chi connectivity index (χ4n) is 1.95. The maximum atomic E-state index is 12.2. The van der Waals surface area contributed by atoms with Crippen LogP contribution in [0.25, 0.3) is 0 Å². The minimum atomic E-state index is 0. The molecule has 1 amide bonds. The van der Waals surface area contributed by atoms with Gasteiger partial charge in [-0.2, -0.15) is 0 Å². The lowest BCUT2D eigenvalue weighted by Crippen LogP contribution is -2.45. The van der Waals surface area contributed by atoms with Gasteiger partial charge in [-0.3, -0.25) is 4.79 Å². The molecule has 1 saturated heterocycles. The summed E-state index contributed by atoms with van der Waals surface area (Å²) < 4.78 is 6.00. The van der Waals surface area contributed by atoms with E-state index in [1.165, 1.54) is 11.3 Å². The average molecular weight is 356 g/mol. The zero-order valence-corrected chi connectivity index (χ0v) is 13.2. The molecule has 1 atom stereocenters. The molecule has 0 bridgehead atoms. The lowest BCUT2D eigenvalue weighted by molar-refractivity contribution is 0.0713. The van der Waals surface area contributed by atoms with Crippen molar-refractivity contribution in [3.63, 3.8) is 0 Å². The summed E-state index contributed by atoms with van der Waals surface area (Å²) in [6, 6.07) is 1.88. The van der Waals surface area contributed by atoms with E-state index in [1.54, 1.807) is 13.2 Å². The van der Waals surface area contributed by atoms with Crippen molar-refractivity contribution >= 4 is 45.6 Å². The molecule has 4 nitrogen and oxygen atoms in total. The number of rotatable bonds is 2. The molecule has 0 radical (unpaired) electrons. The number of methoxy groups -OCH3 is 1. The fourth-order valence-corrected chi connectivity index (χ4v) is 3.56. The first-order valence-corrected chi connectivity index (χ1v) is 7.11. The van der Waals surface area contributed by atoms with Gasteiger partial charge in [-0.1, -0.05) is 0 Å². The van der Waals surface area contributed by atoms with E-state index in [2.05, 4.69) is 15.9 Å². The van der Waals surface area contributed by atoms with Gasteiger partial charge in [0.2, 0.25) is 0 Å². The fraction of sp³-hybridized carbons (Fsp3) is 0.545. The second kappa shape index (κ2) is 6.75. The lowest BCUT2D eigenvalue weighted by atomic mass is 10.1. The van der Waals surface area contributed by atoms with Crippen molar-refractivity contribution in [1.29, 1.82) is 0 Å². The van der Waals surface area contributed by atoms with E-state index < -0.39 is 0 Å². The molecule has 0 saturated carbocycles. The minimum absolute atomic E-state index is 0. The number of ether oxygens (including phenoxy) is 1. The van der Waals surface area contributed by atoms with Crippen molar-refractivity contribution in [3.8, 4) is 5.75 Å². The summed E-state index contributed by atoms with van der Waals surface area (Å²) in [5.41, 5.74) is 5.88. The van der Waals surface area contributed by atoms with Gasteiger partial charge in [-0.25, -0.2) is 0 Å². The molecular formula is C11H16BrClN2O2S. The molecule has 0 aromatic carbocycles. The Bertz CT molecular complexity index is 427. The highest BCUT2D eigenvalue weighted by molar-refractivity contribution is 9.11. The number of piperidine rings is 1. The number of carbonyl (C=O) groups is 1. The maximum Gasteiger partial charge on any atom is 0.264 e. The Morgan fingerprint density at radius 3 is 2.94 bits per heavy atom. The van der Waals surface area contributed by atoms with Crippen LogP contribution in [0.15, 0.2) is 9.85 Å². The molecule has 1 aromatic heterocycles. The smallest absolute Gasteiger partial charge is 0.264 e. The summed E-state index contributed by atoms with van der Waals surface area (Å²) in [7, 11) is 1.60. The molecule has 1 aliphatic heterocycles. The molecule has 1 fully saturated rings. The Balaban J connectivity index is 0.00000162. The molecule has 0 spiro atoms. The van der Waals surface area contributed by atoms with Crippen LogP contribution >= 0.6 is 39.7 Å². The van der Waals surface area contributed by atoms with Crippen LogP contribution in [-0.2, 0) is 0 Å². The predicted octanol–water partition coefficient (Wildman–Crippen LogP) is 2.50. The number of amides is 1. The summed E-state index contributed by atoms with van der Waals surface area (Å²) in [5, 5.41) is 0. The zero-order chi connectivity index (χ0) is 12.4. The summed E-state index contributed by atoms with van der Waals surface area (Å²) in [4.78, 5) is 14.8. The van der Waals surface area contributed by atoms with Crippen molar-refractivity contribution in [1.82, 2.24) is 4.90 Å². The summed E-state index contributed by atoms with van der Waals surface area (Å²) in [6.07, 6.45) is 1.98. The quantitative estimate of drug-likeness (QED) is 0.887. The largest absolute Gasteiger partial charge is 0.495 e. The maximum absolute atomic E-state index is 12.2. The third-order valence-corrected chi connectivity index (χ3v) is 4.60. The highest BCUT2D eigenvalue weighted by Crippen LogP contribution is 2.35. The van der Waals surface area contributed by atoms with Gasteiger partial charge in [-0.15, -0.1) is 23.7 Å². The lowest BCUT2D eigenvalue weighted by Gasteiger charge is -2.30. The number of likely N-dealkylation sites (tertiary alicyclic amines) is 1. The summed E-state index contributed by atoms with van der Waals surface area (Å²) in [6.45, 7) is 1.45. The number of thiophene rings is 1. The molecule has 18 heavy (non-hydrogen) atoms. The van der Waals surface area contributed by atoms with E-state index >= 15 is 0 Å². The summed E-state index contributed by atoms with van der Waals surface area (Å²) >= 11 is 4.78. The summed E-state index contributed by atoms with van der Waals surface area (Å²) in [5.74, 6) is 0.758. The van der Waals surface area contributed by atoms with E-state index in [4.69, 9.17) is 10.5 Å². The monoisotopic (exact) mass is 354 g/mol. The van der Waals surface area contributed by atoms with Gasteiger partial charge in [0.1, 0.15) is 9.54 Å². The van der Waals surface area contributed by atoms with Crippen molar-refractivity contribution < 1.29 is 9.53 Å². The molecule has 2 rings (SSSR count). The van der Waals surface area contributed by atoms with Crippen molar-refractivity contribution in [2.45, 2.75) is 18.9 Å². The van der Waals surface area contributed by atoms with E-state index in [0.717, 1.165) is 23.2 Å². The molecule has 7 heteroatoms. The molecule has 2 heterocycles. The molecule has 1 unspecified atom stereocenters. The first-order valence-electron chi connectivity index (χ1n) is 5.50. The third-order valence-electron chi connectivity index (χ3n) is 2.83. The van der Waals surface area contributed by atoms with E-state index in [0.29, 0.717) is 17.2 Å². The number of nitrogens with zero attached hydrogens (tertiary/aromatic N) is 1.